The van der Waals surface area contributed by atoms with Crippen LogP contribution < -0.4 is 20.8 Å². The SMILES string of the molecule is Cc1ccc(N2CCN(c3nccn4c(=O)n(CC(=O)NC[C@@H]5CCCO5)nc34)CC2)cc1. The van der Waals surface area contributed by atoms with Crippen LogP contribution in [0, 0.1) is 6.92 Å². The second-order valence-corrected chi connectivity index (χ2v) is 8.63. The normalized spacial score (nSPS) is 18.8. The van der Waals surface area contributed by atoms with Gasteiger partial charge in [0, 0.05) is 57.4 Å². The number of carbonyl (C=O) groups excluding carboxylic acids is 1. The Hall–Kier alpha value is -3.40. The minimum absolute atomic E-state index is 0.0566. The second-order valence-electron chi connectivity index (χ2n) is 8.63. The fraction of sp³-hybridized carbons (Fsp3) is 0.478. The van der Waals surface area contributed by atoms with Crippen molar-refractivity contribution >= 4 is 23.1 Å². The Morgan fingerprint density at radius 1 is 1.15 bits per heavy atom. The van der Waals surface area contributed by atoms with E-state index in [4.69, 9.17) is 4.74 Å². The second kappa shape index (κ2) is 9.22. The molecule has 10 nitrogen and oxygen atoms in total. The largest absolute Gasteiger partial charge is 0.376 e. The molecule has 174 valence electrons. The Bertz CT molecular complexity index is 1170. The highest BCUT2D eigenvalue weighted by molar-refractivity contribution is 5.75. The first kappa shape index (κ1) is 21.4. The summed E-state index contributed by atoms with van der Waals surface area (Å²) in [6.07, 6.45) is 5.22. The number of benzene rings is 1. The molecule has 33 heavy (non-hydrogen) atoms. The van der Waals surface area contributed by atoms with Gasteiger partial charge in [0.15, 0.2) is 5.82 Å². The summed E-state index contributed by atoms with van der Waals surface area (Å²) >= 11 is 0. The highest BCUT2D eigenvalue weighted by Crippen LogP contribution is 2.21. The van der Waals surface area contributed by atoms with Crippen molar-refractivity contribution in [2.75, 3.05) is 49.1 Å². The van der Waals surface area contributed by atoms with Crippen LogP contribution in [0.5, 0.6) is 0 Å². The first-order chi connectivity index (χ1) is 16.1. The zero-order valence-electron chi connectivity index (χ0n) is 18.8. The van der Waals surface area contributed by atoms with Gasteiger partial charge in [-0.05, 0) is 31.9 Å². The summed E-state index contributed by atoms with van der Waals surface area (Å²) in [5.41, 5.74) is 2.58. The van der Waals surface area contributed by atoms with Gasteiger partial charge in [0.25, 0.3) is 0 Å². The van der Waals surface area contributed by atoms with E-state index in [0.717, 1.165) is 45.6 Å². The summed E-state index contributed by atoms with van der Waals surface area (Å²) in [4.78, 5) is 34.2. The number of rotatable bonds is 6. The first-order valence-electron chi connectivity index (χ1n) is 11.5. The van der Waals surface area contributed by atoms with Crippen LogP contribution in [0.25, 0.3) is 5.65 Å². The Labute approximate surface area is 191 Å². The summed E-state index contributed by atoms with van der Waals surface area (Å²) < 4.78 is 8.19. The number of hydrogen-bond acceptors (Lipinski definition) is 7. The molecule has 1 amide bonds. The fourth-order valence-corrected chi connectivity index (χ4v) is 4.42. The maximum absolute atomic E-state index is 12.8. The number of amides is 1. The molecule has 10 heteroatoms. The highest BCUT2D eigenvalue weighted by atomic mass is 16.5. The Balaban J connectivity index is 1.28. The van der Waals surface area contributed by atoms with Gasteiger partial charge >= 0.3 is 5.69 Å². The van der Waals surface area contributed by atoms with Gasteiger partial charge in [0.1, 0.15) is 6.54 Å². The predicted molar refractivity (Wildman–Crippen MR) is 125 cm³/mol. The molecule has 0 saturated carbocycles. The molecule has 0 spiro atoms. The van der Waals surface area contributed by atoms with Crippen LogP contribution in [0.2, 0.25) is 0 Å². The molecular formula is C23H29N7O3. The smallest absolute Gasteiger partial charge is 0.350 e. The van der Waals surface area contributed by atoms with Crippen molar-refractivity contribution in [2.24, 2.45) is 0 Å². The lowest BCUT2D eigenvalue weighted by Crippen LogP contribution is -2.47. The van der Waals surface area contributed by atoms with Crippen LogP contribution in [-0.4, -0.2) is 70.5 Å². The topological polar surface area (TPSA) is 97.0 Å². The minimum atomic E-state index is -0.348. The molecule has 1 N–H and O–H groups in total. The van der Waals surface area contributed by atoms with Crippen LogP contribution >= 0.6 is 0 Å². The molecule has 2 aromatic heterocycles. The Morgan fingerprint density at radius 3 is 2.64 bits per heavy atom. The Kier molecular flexibility index (Phi) is 5.99. The number of anilines is 2. The molecule has 3 aromatic rings. The lowest BCUT2D eigenvalue weighted by Gasteiger charge is -2.36. The average molecular weight is 452 g/mol. The van der Waals surface area contributed by atoms with E-state index in [-0.39, 0.29) is 24.2 Å². The maximum Gasteiger partial charge on any atom is 0.350 e. The molecule has 0 radical (unpaired) electrons. The van der Waals surface area contributed by atoms with E-state index in [1.54, 1.807) is 12.4 Å². The summed E-state index contributed by atoms with van der Waals surface area (Å²) in [6.45, 7) is 6.38. The van der Waals surface area contributed by atoms with Crippen molar-refractivity contribution in [3.63, 3.8) is 0 Å². The molecule has 1 aromatic carbocycles. The molecule has 0 bridgehead atoms. The van der Waals surface area contributed by atoms with Gasteiger partial charge in [-0.1, -0.05) is 17.7 Å². The number of hydrogen-bond donors (Lipinski definition) is 1. The lowest BCUT2D eigenvalue weighted by molar-refractivity contribution is -0.122. The maximum atomic E-state index is 12.8. The number of carbonyl (C=O) groups is 1. The number of fused-ring (bicyclic) bond motifs is 1. The summed E-state index contributed by atoms with van der Waals surface area (Å²) in [5.74, 6) is 0.411. The van der Waals surface area contributed by atoms with E-state index >= 15 is 0 Å². The predicted octanol–water partition coefficient (Wildman–Crippen LogP) is 0.821. The van der Waals surface area contributed by atoms with Gasteiger partial charge in [-0.15, -0.1) is 5.10 Å². The number of nitrogens with one attached hydrogen (secondary N) is 1. The van der Waals surface area contributed by atoms with Gasteiger partial charge in [-0.2, -0.15) is 0 Å². The standard InChI is InChI=1S/C23H29N7O3/c1-17-4-6-18(7-5-17)27-10-12-28(13-11-27)21-22-26-30(23(32)29(22)9-8-24-21)16-20(31)25-15-19-3-2-14-33-19/h4-9,19H,2-3,10-16H2,1H3,(H,25,31)/t19-/m0/s1. The number of ether oxygens (including phenoxy) is 1. The van der Waals surface area contributed by atoms with Crippen molar-refractivity contribution in [2.45, 2.75) is 32.4 Å². The van der Waals surface area contributed by atoms with E-state index in [2.05, 4.69) is 56.4 Å². The molecule has 2 aliphatic rings. The number of aromatic nitrogens is 4. The van der Waals surface area contributed by atoms with Gasteiger partial charge < -0.3 is 19.9 Å². The molecule has 2 fully saturated rings. The number of piperazine rings is 1. The zero-order valence-corrected chi connectivity index (χ0v) is 18.8. The third-order valence-electron chi connectivity index (χ3n) is 6.31. The average Bonchev–Trinajstić information content (AvgIpc) is 3.47. The van der Waals surface area contributed by atoms with Gasteiger partial charge in [0.05, 0.1) is 6.10 Å². The monoisotopic (exact) mass is 451 g/mol. The molecule has 4 heterocycles. The molecule has 5 rings (SSSR count). The van der Waals surface area contributed by atoms with Crippen molar-refractivity contribution in [3.8, 4) is 0 Å². The van der Waals surface area contributed by atoms with Crippen molar-refractivity contribution in [1.29, 1.82) is 0 Å². The number of nitrogens with zero attached hydrogens (tertiary/aromatic N) is 6. The van der Waals surface area contributed by atoms with E-state index in [1.165, 1.54) is 20.3 Å². The van der Waals surface area contributed by atoms with Gasteiger partial charge in [0.2, 0.25) is 11.6 Å². The molecule has 2 saturated heterocycles. The highest BCUT2D eigenvalue weighted by Gasteiger charge is 2.23. The van der Waals surface area contributed by atoms with E-state index in [9.17, 15) is 9.59 Å². The number of aryl methyl sites for hydroxylation is 1. The van der Waals surface area contributed by atoms with Crippen LogP contribution in [0.4, 0.5) is 11.5 Å². The van der Waals surface area contributed by atoms with Gasteiger partial charge in [-0.25, -0.2) is 18.9 Å². The van der Waals surface area contributed by atoms with E-state index in [1.807, 2.05) is 0 Å². The molecular weight excluding hydrogens is 422 g/mol. The van der Waals surface area contributed by atoms with E-state index in [0.29, 0.717) is 18.0 Å². The summed E-state index contributed by atoms with van der Waals surface area (Å²) in [7, 11) is 0. The van der Waals surface area contributed by atoms with Crippen LogP contribution in [0.3, 0.4) is 0 Å². The summed E-state index contributed by atoms with van der Waals surface area (Å²) in [5, 5.41) is 7.29. The van der Waals surface area contributed by atoms with Gasteiger partial charge in [-0.3, -0.25) is 4.79 Å². The molecule has 2 aliphatic heterocycles. The third kappa shape index (κ3) is 4.56. The fourth-order valence-electron chi connectivity index (χ4n) is 4.42. The van der Waals surface area contributed by atoms with Crippen molar-refractivity contribution in [3.05, 3.63) is 52.7 Å². The first-order valence-corrected chi connectivity index (χ1v) is 11.5. The third-order valence-corrected chi connectivity index (χ3v) is 6.31. The van der Waals surface area contributed by atoms with E-state index < -0.39 is 0 Å². The van der Waals surface area contributed by atoms with Crippen molar-refractivity contribution in [1.82, 2.24) is 24.5 Å². The van der Waals surface area contributed by atoms with Crippen LogP contribution in [-0.2, 0) is 16.1 Å². The Morgan fingerprint density at radius 2 is 1.91 bits per heavy atom. The van der Waals surface area contributed by atoms with Crippen LogP contribution in [0.1, 0.15) is 18.4 Å². The molecule has 0 unspecified atom stereocenters. The summed E-state index contributed by atoms with van der Waals surface area (Å²) in [6, 6.07) is 8.55. The molecule has 1 atom stereocenters. The van der Waals surface area contributed by atoms with Crippen LogP contribution in [0.15, 0.2) is 41.5 Å². The van der Waals surface area contributed by atoms with Crippen molar-refractivity contribution < 1.29 is 9.53 Å². The lowest BCUT2D eigenvalue weighted by atomic mass is 10.2. The quantitative estimate of drug-likeness (QED) is 0.593. The minimum Gasteiger partial charge on any atom is -0.376 e. The molecule has 0 aliphatic carbocycles. The zero-order chi connectivity index (χ0) is 22.8.